The van der Waals surface area contributed by atoms with Gasteiger partial charge in [-0.05, 0) is 6.07 Å². The molecule has 1 rings (SSSR count). The Kier molecular flexibility index (Phi) is 4.51. The SMILES string of the molecule is CN(CC(=O)N/N=C/c1ccc([N+](=O)[O-])o1)[N+](=O)[O-]. The van der Waals surface area contributed by atoms with Crippen LogP contribution in [-0.2, 0) is 4.79 Å². The van der Waals surface area contributed by atoms with Crippen molar-refractivity contribution in [1.82, 2.24) is 10.4 Å². The zero-order valence-electron chi connectivity index (χ0n) is 9.68. The van der Waals surface area contributed by atoms with Gasteiger partial charge in [0.05, 0.1) is 19.3 Å². The lowest BCUT2D eigenvalue weighted by Crippen LogP contribution is -2.36. The molecule has 0 saturated carbocycles. The van der Waals surface area contributed by atoms with E-state index < -0.39 is 28.3 Å². The molecule has 11 nitrogen and oxygen atoms in total. The minimum Gasteiger partial charge on any atom is -0.400 e. The first-order valence-electron chi connectivity index (χ1n) is 4.81. The van der Waals surface area contributed by atoms with Gasteiger partial charge in [-0.1, -0.05) is 0 Å². The number of carbonyl (C=O) groups excluding carboxylic acids is 1. The largest absolute Gasteiger partial charge is 0.433 e. The van der Waals surface area contributed by atoms with Crippen molar-refractivity contribution in [3.05, 3.63) is 38.1 Å². The molecule has 0 aromatic carbocycles. The fourth-order valence-electron chi connectivity index (χ4n) is 0.979. The maximum absolute atomic E-state index is 11.2. The molecular weight excluding hydrogens is 262 g/mol. The van der Waals surface area contributed by atoms with Gasteiger partial charge in [0.15, 0.2) is 17.3 Å². The van der Waals surface area contributed by atoms with Crippen LogP contribution in [0.1, 0.15) is 5.76 Å². The average molecular weight is 271 g/mol. The lowest BCUT2D eigenvalue weighted by atomic mass is 10.5. The number of nitrogens with zero attached hydrogens (tertiary/aromatic N) is 4. The van der Waals surface area contributed by atoms with Gasteiger partial charge >= 0.3 is 5.88 Å². The lowest BCUT2D eigenvalue weighted by molar-refractivity contribution is -0.646. The Morgan fingerprint density at radius 3 is 2.74 bits per heavy atom. The second-order valence-corrected chi connectivity index (χ2v) is 3.28. The second kappa shape index (κ2) is 6.09. The zero-order valence-corrected chi connectivity index (χ0v) is 9.68. The topological polar surface area (TPSA) is 144 Å². The van der Waals surface area contributed by atoms with E-state index in [-0.39, 0.29) is 5.76 Å². The van der Waals surface area contributed by atoms with E-state index in [1.54, 1.807) is 0 Å². The molecule has 0 aliphatic rings. The summed E-state index contributed by atoms with van der Waals surface area (Å²) in [7, 11) is 1.12. The molecule has 19 heavy (non-hydrogen) atoms. The summed E-state index contributed by atoms with van der Waals surface area (Å²) < 4.78 is 4.73. The number of carbonyl (C=O) groups is 1. The molecule has 0 bridgehead atoms. The Balaban J connectivity index is 2.47. The number of hydrogen-bond acceptors (Lipinski definition) is 7. The van der Waals surface area contributed by atoms with Gasteiger partial charge < -0.3 is 4.42 Å². The minimum atomic E-state index is -0.751. The number of hydrazone groups is 1. The first kappa shape index (κ1) is 14.1. The van der Waals surface area contributed by atoms with Crippen LogP contribution in [0.15, 0.2) is 21.7 Å². The summed E-state index contributed by atoms with van der Waals surface area (Å²) >= 11 is 0. The Morgan fingerprint density at radius 1 is 1.53 bits per heavy atom. The molecule has 1 heterocycles. The Morgan fingerprint density at radius 2 is 2.21 bits per heavy atom. The molecule has 11 heteroatoms. The number of furan rings is 1. The number of likely N-dealkylation sites (N-methyl/N-ethyl adjacent to an activating group) is 1. The van der Waals surface area contributed by atoms with Gasteiger partial charge in [0.25, 0.3) is 5.91 Å². The van der Waals surface area contributed by atoms with E-state index in [0.717, 1.165) is 19.3 Å². The number of amides is 1. The predicted octanol–water partition coefficient (Wildman–Crippen LogP) is -0.239. The Bertz CT molecular complexity index is 523. The maximum Gasteiger partial charge on any atom is 0.433 e. The van der Waals surface area contributed by atoms with E-state index in [1.807, 2.05) is 5.43 Å². The van der Waals surface area contributed by atoms with Crippen molar-refractivity contribution in [3.63, 3.8) is 0 Å². The van der Waals surface area contributed by atoms with E-state index in [2.05, 4.69) is 5.10 Å². The highest BCUT2D eigenvalue weighted by Crippen LogP contribution is 2.13. The third-order valence-electron chi connectivity index (χ3n) is 1.82. The van der Waals surface area contributed by atoms with Crippen LogP contribution in [-0.4, -0.2) is 40.7 Å². The second-order valence-electron chi connectivity index (χ2n) is 3.28. The number of hydrazine groups is 1. The fourth-order valence-corrected chi connectivity index (χ4v) is 0.979. The molecule has 0 aliphatic carbocycles. The highest BCUT2D eigenvalue weighted by Gasteiger charge is 2.13. The molecule has 0 saturated heterocycles. The van der Waals surface area contributed by atoms with Crippen molar-refractivity contribution >= 4 is 18.0 Å². The van der Waals surface area contributed by atoms with Crippen LogP contribution in [0.25, 0.3) is 0 Å². The molecule has 1 aromatic rings. The van der Waals surface area contributed by atoms with E-state index in [9.17, 15) is 25.0 Å². The van der Waals surface area contributed by atoms with Crippen LogP contribution < -0.4 is 5.43 Å². The Hall–Kier alpha value is -2.98. The van der Waals surface area contributed by atoms with Crippen molar-refractivity contribution in [2.75, 3.05) is 13.6 Å². The van der Waals surface area contributed by atoms with Gasteiger partial charge in [-0.25, -0.2) is 15.5 Å². The fraction of sp³-hybridized carbons (Fsp3) is 0.250. The average Bonchev–Trinajstić information content (AvgIpc) is 2.77. The quantitative estimate of drug-likeness (QED) is 0.427. The third kappa shape index (κ3) is 4.41. The van der Waals surface area contributed by atoms with E-state index in [1.165, 1.54) is 6.07 Å². The Labute approximate surface area is 105 Å². The first-order valence-corrected chi connectivity index (χ1v) is 4.81. The van der Waals surface area contributed by atoms with Crippen molar-refractivity contribution in [1.29, 1.82) is 0 Å². The summed E-state index contributed by atoms with van der Waals surface area (Å²) in [5, 5.41) is 23.8. The molecule has 102 valence electrons. The number of nitrogens with one attached hydrogen (secondary N) is 1. The lowest BCUT2D eigenvalue weighted by Gasteiger charge is -2.05. The normalized spacial score (nSPS) is 10.4. The van der Waals surface area contributed by atoms with Crippen LogP contribution in [0.4, 0.5) is 5.88 Å². The van der Waals surface area contributed by atoms with Gasteiger partial charge in [-0.15, -0.1) is 5.01 Å². The van der Waals surface area contributed by atoms with Gasteiger partial charge in [0.1, 0.15) is 4.92 Å². The van der Waals surface area contributed by atoms with Crippen molar-refractivity contribution in [3.8, 4) is 0 Å². The van der Waals surface area contributed by atoms with Gasteiger partial charge in [-0.3, -0.25) is 14.9 Å². The molecule has 1 amide bonds. The van der Waals surface area contributed by atoms with Crippen molar-refractivity contribution < 1.29 is 19.2 Å². The first-order chi connectivity index (χ1) is 8.90. The third-order valence-corrected chi connectivity index (χ3v) is 1.82. The predicted molar refractivity (Wildman–Crippen MR) is 60.7 cm³/mol. The number of hydrogen-bond donors (Lipinski definition) is 1. The standard InChI is InChI=1S/C8H9N5O6/c1-11(13(17)18)5-7(14)10-9-4-6-2-3-8(19-6)12(15)16/h2-4H,5H2,1H3,(H,10,14)/b9-4+. The van der Waals surface area contributed by atoms with Crippen molar-refractivity contribution in [2.45, 2.75) is 0 Å². The van der Waals surface area contributed by atoms with E-state index >= 15 is 0 Å². The molecule has 0 radical (unpaired) electrons. The summed E-state index contributed by atoms with van der Waals surface area (Å²) in [6.07, 6.45) is 1.04. The van der Waals surface area contributed by atoms with Crippen LogP contribution in [0.3, 0.4) is 0 Å². The minimum absolute atomic E-state index is 0.0645. The van der Waals surface area contributed by atoms with Crippen LogP contribution >= 0.6 is 0 Å². The summed E-state index contributed by atoms with van der Waals surface area (Å²) in [5.41, 5.74) is 2.01. The molecule has 1 aromatic heterocycles. The molecule has 0 spiro atoms. The molecular formula is C8H9N5O6. The van der Waals surface area contributed by atoms with Crippen LogP contribution in [0.2, 0.25) is 0 Å². The van der Waals surface area contributed by atoms with Gasteiger partial charge in [0.2, 0.25) is 0 Å². The van der Waals surface area contributed by atoms with Crippen molar-refractivity contribution in [2.24, 2.45) is 5.10 Å². The molecule has 0 atom stereocenters. The van der Waals surface area contributed by atoms with Crippen LogP contribution in [0, 0.1) is 20.2 Å². The highest BCUT2D eigenvalue weighted by molar-refractivity contribution is 5.81. The van der Waals surface area contributed by atoms with E-state index in [0.29, 0.717) is 5.01 Å². The summed E-state index contributed by atoms with van der Waals surface area (Å²) in [5.74, 6) is -1.10. The van der Waals surface area contributed by atoms with Crippen LogP contribution in [0.5, 0.6) is 0 Å². The zero-order chi connectivity index (χ0) is 14.4. The molecule has 1 N–H and O–H groups in total. The van der Waals surface area contributed by atoms with E-state index in [4.69, 9.17) is 4.42 Å². The summed E-state index contributed by atoms with van der Waals surface area (Å²) in [6, 6.07) is 2.42. The van der Waals surface area contributed by atoms with Gasteiger partial charge in [-0.2, -0.15) is 5.10 Å². The number of rotatable bonds is 6. The number of nitro groups is 2. The van der Waals surface area contributed by atoms with Gasteiger partial charge in [0, 0.05) is 0 Å². The summed E-state index contributed by atoms with van der Waals surface area (Å²) in [4.78, 5) is 31.0. The molecule has 0 fully saturated rings. The molecule has 0 unspecified atom stereocenters. The monoisotopic (exact) mass is 271 g/mol. The maximum atomic E-state index is 11.2. The summed E-state index contributed by atoms with van der Waals surface area (Å²) in [6.45, 7) is -0.483. The molecule has 0 aliphatic heterocycles. The smallest absolute Gasteiger partial charge is 0.400 e. The highest BCUT2D eigenvalue weighted by atomic mass is 16.7.